The summed E-state index contributed by atoms with van der Waals surface area (Å²) in [4.78, 5) is 0. The predicted molar refractivity (Wildman–Crippen MR) is 158 cm³/mol. The molecule has 0 aromatic heterocycles. The van der Waals surface area contributed by atoms with Crippen LogP contribution in [0.25, 0.3) is 0 Å². The van der Waals surface area contributed by atoms with Crippen LogP contribution in [0.4, 0.5) is 0 Å². The van der Waals surface area contributed by atoms with E-state index in [1.165, 1.54) is 33.4 Å². The van der Waals surface area contributed by atoms with Crippen LogP contribution in [0, 0.1) is 20.8 Å². The number of unbranched alkanes of at least 4 members (excludes halogenated alkanes) is 3. The lowest BCUT2D eigenvalue weighted by Gasteiger charge is -2.22. The van der Waals surface area contributed by atoms with Gasteiger partial charge in [-0.3, -0.25) is 0 Å². The monoisotopic (exact) mass is 520 g/mol. The van der Waals surface area contributed by atoms with E-state index in [1.807, 2.05) is 0 Å². The van der Waals surface area contributed by atoms with Crippen LogP contribution in [0.5, 0.6) is 17.2 Å². The molecular formula is C33H45O3P. The van der Waals surface area contributed by atoms with Crippen LogP contribution in [0.2, 0.25) is 0 Å². The maximum absolute atomic E-state index is 6.61. The molecule has 0 aliphatic rings. The van der Waals surface area contributed by atoms with Gasteiger partial charge in [0.25, 0.3) is 0 Å². The highest BCUT2D eigenvalue weighted by Crippen LogP contribution is 2.45. The first kappa shape index (κ1) is 29.1. The highest BCUT2D eigenvalue weighted by Gasteiger charge is 2.24. The smallest absolute Gasteiger partial charge is 0.408 e. The summed E-state index contributed by atoms with van der Waals surface area (Å²) in [6.45, 7) is 13.1. The Balaban J connectivity index is 1.97. The molecule has 0 bridgehead atoms. The molecule has 0 fully saturated rings. The number of hydrogen-bond donors (Lipinski definition) is 0. The van der Waals surface area contributed by atoms with E-state index in [1.54, 1.807) is 0 Å². The molecule has 3 aromatic rings. The van der Waals surface area contributed by atoms with Crippen molar-refractivity contribution in [2.45, 2.75) is 99.3 Å². The standard InChI is InChI=1S/C33H45O3P/c1-7-10-13-28-22-25(4)16-19-31(28)34-37(35-32-20-17-26(5)23-29(32)14-11-8-2)36-33-21-18-27(6)24-30(33)15-12-9-3/h16-24H,7-15H2,1-6H3. The summed E-state index contributed by atoms with van der Waals surface area (Å²) in [6, 6.07) is 19.2. The first-order valence-electron chi connectivity index (χ1n) is 14.1. The molecule has 37 heavy (non-hydrogen) atoms. The van der Waals surface area contributed by atoms with Crippen LogP contribution in [-0.4, -0.2) is 0 Å². The van der Waals surface area contributed by atoms with Crippen molar-refractivity contribution in [3.63, 3.8) is 0 Å². The van der Waals surface area contributed by atoms with Gasteiger partial charge in [0.15, 0.2) is 0 Å². The Morgan fingerprint density at radius 3 is 1.05 bits per heavy atom. The molecule has 0 radical (unpaired) electrons. The molecule has 0 atom stereocenters. The van der Waals surface area contributed by atoms with E-state index in [0.29, 0.717) is 0 Å². The van der Waals surface area contributed by atoms with Gasteiger partial charge in [0.2, 0.25) is 0 Å². The minimum atomic E-state index is -1.71. The summed E-state index contributed by atoms with van der Waals surface area (Å²) in [5, 5.41) is 0. The first-order chi connectivity index (χ1) is 17.9. The molecule has 200 valence electrons. The minimum absolute atomic E-state index is 0.856. The van der Waals surface area contributed by atoms with E-state index >= 15 is 0 Å². The second-order valence-electron chi connectivity index (χ2n) is 10.1. The second kappa shape index (κ2) is 15.0. The SMILES string of the molecule is CCCCc1cc(C)ccc1OP(Oc1ccc(C)cc1CCCC)Oc1ccc(C)cc1CCCC. The molecule has 0 unspecified atom stereocenters. The molecule has 4 heteroatoms. The summed E-state index contributed by atoms with van der Waals surface area (Å²) in [5.74, 6) is 2.57. The highest BCUT2D eigenvalue weighted by atomic mass is 31.2. The molecule has 0 N–H and O–H groups in total. The quantitative estimate of drug-likeness (QED) is 0.187. The molecule has 3 aromatic carbocycles. The van der Waals surface area contributed by atoms with Gasteiger partial charge >= 0.3 is 8.60 Å². The van der Waals surface area contributed by atoms with Crippen LogP contribution in [-0.2, 0) is 19.3 Å². The van der Waals surface area contributed by atoms with Crippen LogP contribution >= 0.6 is 8.60 Å². The summed E-state index contributed by atoms with van der Waals surface area (Å²) in [6.07, 6.45) is 9.74. The van der Waals surface area contributed by atoms with Gasteiger partial charge < -0.3 is 13.6 Å². The molecule has 0 aliphatic heterocycles. The number of aryl methyl sites for hydroxylation is 6. The topological polar surface area (TPSA) is 27.7 Å². The van der Waals surface area contributed by atoms with Crippen LogP contribution in [0.1, 0.15) is 92.7 Å². The summed E-state index contributed by atoms with van der Waals surface area (Å²) >= 11 is 0. The molecular weight excluding hydrogens is 475 g/mol. The lowest BCUT2D eigenvalue weighted by Crippen LogP contribution is -2.07. The predicted octanol–water partition coefficient (Wildman–Crippen LogP) is 10.4. The fourth-order valence-electron chi connectivity index (χ4n) is 4.38. The van der Waals surface area contributed by atoms with Crippen molar-refractivity contribution < 1.29 is 13.6 Å². The molecule has 0 saturated carbocycles. The number of benzene rings is 3. The fourth-order valence-corrected chi connectivity index (χ4v) is 5.50. The van der Waals surface area contributed by atoms with Gasteiger partial charge in [-0.2, -0.15) is 0 Å². The van der Waals surface area contributed by atoms with E-state index in [2.05, 4.69) is 96.1 Å². The molecule has 0 heterocycles. The normalized spacial score (nSPS) is 11.1. The maximum Gasteiger partial charge on any atom is 0.530 e. The third-order valence-electron chi connectivity index (χ3n) is 6.57. The van der Waals surface area contributed by atoms with Crippen LogP contribution in [0.3, 0.4) is 0 Å². The van der Waals surface area contributed by atoms with Crippen molar-refractivity contribution in [2.75, 3.05) is 0 Å². The molecule has 0 amide bonds. The Kier molecular flexibility index (Phi) is 11.8. The Hall–Kier alpha value is -2.51. The van der Waals surface area contributed by atoms with Crippen molar-refractivity contribution >= 4 is 8.60 Å². The van der Waals surface area contributed by atoms with Gasteiger partial charge in [0.05, 0.1) is 0 Å². The Morgan fingerprint density at radius 1 is 0.486 bits per heavy atom. The van der Waals surface area contributed by atoms with E-state index in [0.717, 1.165) is 75.0 Å². The van der Waals surface area contributed by atoms with Crippen molar-refractivity contribution in [2.24, 2.45) is 0 Å². The van der Waals surface area contributed by atoms with Gasteiger partial charge in [-0.05, 0) is 94.2 Å². The largest absolute Gasteiger partial charge is 0.530 e. The Labute approximate surface area is 226 Å². The summed E-state index contributed by atoms with van der Waals surface area (Å²) < 4.78 is 19.8. The van der Waals surface area contributed by atoms with Gasteiger partial charge in [-0.1, -0.05) is 93.1 Å². The summed E-state index contributed by atoms with van der Waals surface area (Å²) in [7, 11) is -1.71. The van der Waals surface area contributed by atoms with E-state index in [9.17, 15) is 0 Å². The third-order valence-corrected chi connectivity index (χ3v) is 7.60. The zero-order chi connectivity index (χ0) is 26.6. The van der Waals surface area contributed by atoms with Crippen molar-refractivity contribution in [3.8, 4) is 17.2 Å². The minimum Gasteiger partial charge on any atom is -0.408 e. The maximum atomic E-state index is 6.61. The first-order valence-corrected chi connectivity index (χ1v) is 15.2. The van der Waals surface area contributed by atoms with Gasteiger partial charge in [-0.25, -0.2) is 0 Å². The number of rotatable bonds is 15. The zero-order valence-corrected chi connectivity index (χ0v) is 24.6. The van der Waals surface area contributed by atoms with Crippen molar-refractivity contribution in [3.05, 3.63) is 88.0 Å². The molecule has 0 spiro atoms. The fraction of sp³-hybridized carbons (Fsp3) is 0.455. The number of hydrogen-bond acceptors (Lipinski definition) is 3. The van der Waals surface area contributed by atoms with Crippen LogP contribution in [0.15, 0.2) is 54.6 Å². The van der Waals surface area contributed by atoms with E-state index in [-0.39, 0.29) is 0 Å². The van der Waals surface area contributed by atoms with Crippen LogP contribution < -0.4 is 13.6 Å². The van der Waals surface area contributed by atoms with Gasteiger partial charge in [0.1, 0.15) is 17.2 Å². The third kappa shape index (κ3) is 9.08. The summed E-state index contributed by atoms with van der Waals surface area (Å²) in [5.41, 5.74) is 7.37. The molecule has 3 nitrogen and oxygen atoms in total. The average molecular weight is 521 g/mol. The van der Waals surface area contributed by atoms with Gasteiger partial charge in [0, 0.05) is 0 Å². The average Bonchev–Trinajstić information content (AvgIpc) is 2.88. The van der Waals surface area contributed by atoms with E-state index in [4.69, 9.17) is 13.6 Å². The Morgan fingerprint density at radius 2 is 0.784 bits per heavy atom. The highest BCUT2D eigenvalue weighted by molar-refractivity contribution is 7.43. The zero-order valence-electron chi connectivity index (χ0n) is 23.7. The molecule has 3 rings (SSSR count). The van der Waals surface area contributed by atoms with E-state index < -0.39 is 8.60 Å². The van der Waals surface area contributed by atoms with Gasteiger partial charge in [-0.15, -0.1) is 0 Å². The van der Waals surface area contributed by atoms with Crippen molar-refractivity contribution in [1.29, 1.82) is 0 Å². The molecule has 0 aliphatic carbocycles. The lowest BCUT2D eigenvalue weighted by molar-refractivity contribution is 0.382. The Bertz CT molecular complexity index is 983. The van der Waals surface area contributed by atoms with Crippen molar-refractivity contribution in [1.82, 2.24) is 0 Å². The molecule has 0 saturated heterocycles. The lowest BCUT2D eigenvalue weighted by atomic mass is 10.1. The second-order valence-corrected chi connectivity index (χ2v) is 11.1.